The summed E-state index contributed by atoms with van der Waals surface area (Å²) in [4.78, 5) is 12.5. The second-order valence-corrected chi connectivity index (χ2v) is 7.16. The molecular formula is C21H21BrN2O2. The van der Waals surface area contributed by atoms with Crippen molar-refractivity contribution in [1.29, 1.82) is 5.26 Å². The van der Waals surface area contributed by atoms with Gasteiger partial charge in [0.05, 0.1) is 7.11 Å². The lowest BCUT2D eigenvalue weighted by Crippen LogP contribution is -2.13. The third-order valence-corrected chi connectivity index (χ3v) is 4.48. The summed E-state index contributed by atoms with van der Waals surface area (Å²) in [6, 6.07) is 13.1. The molecule has 0 heterocycles. The molecule has 0 saturated heterocycles. The first-order valence-corrected chi connectivity index (χ1v) is 9.02. The van der Waals surface area contributed by atoms with Crippen LogP contribution in [0.2, 0.25) is 0 Å². The zero-order valence-corrected chi connectivity index (χ0v) is 16.8. The molecule has 2 aromatic carbocycles. The maximum absolute atomic E-state index is 12.5. The van der Waals surface area contributed by atoms with E-state index in [0.717, 1.165) is 26.9 Å². The summed E-state index contributed by atoms with van der Waals surface area (Å²) in [6.07, 6.45) is 1.62. The molecule has 0 radical (unpaired) electrons. The molecule has 0 fully saturated rings. The second kappa shape index (κ2) is 8.68. The van der Waals surface area contributed by atoms with E-state index in [4.69, 9.17) is 4.74 Å². The van der Waals surface area contributed by atoms with Crippen LogP contribution >= 0.6 is 15.9 Å². The number of rotatable bonds is 5. The Labute approximate surface area is 162 Å². The standard InChI is InChI=1S/C21H21BrN2O2/c1-13(2)19-10-15(14(3)8-20(19)26-4)9-16(12-23)21(25)24-18-7-5-6-17(22)11-18/h5-11,13H,1-4H3,(H,24,25)/b16-9-. The minimum atomic E-state index is -0.438. The molecule has 0 unspecified atom stereocenters. The van der Waals surface area contributed by atoms with Crippen LogP contribution in [0.1, 0.15) is 36.5 Å². The predicted molar refractivity (Wildman–Crippen MR) is 108 cm³/mol. The summed E-state index contributed by atoms with van der Waals surface area (Å²) in [7, 11) is 1.64. The zero-order valence-electron chi connectivity index (χ0n) is 15.3. The Balaban J connectivity index is 2.37. The molecule has 0 aromatic heterocycles. The quantitative estimate of drug-likeness (QED) is 0.525. The molecule has 0 aliphatic rings. The number of benzene rings is 2. The highest BCUT2D eigenvalue weighted by atomic mass is 79.9. The van der Waals surface area contributed by atoms with Gasteiger partial charge in [-0.25, -0.2) is 0 Å². The fraction of sp³-hybridized carbons (Fsp3) is 0.238. The first kappa shape index (κ1) is 19.7. The summed E-state index contributed by atoms with van der Waals surface area (Å²) in [6.45, 7) is 6.08. The average Bonchev–Trinajstić information content (AvgIpc) is 2.59. The van der Waals surface area contributed by atoms with E-state index in [1.165, 1.54) is 0 Å². The number of hydrogen-bond donors (Lipinski definition) is 1. The lowest BCUT2D eigenvalue weighted by Gasteiger charge is -2.15. The molecule has 2 aromatic rings. The number of hydrogen-bond acceptors (Lipinski definition) is 3. The summed E-state index contributed by atoms with van der Waals surface area (Å²) >= 11 is 3.36. The zero-order chi connectivity index (χ0) is 19.3. The Morgan fingerprint density at radius 3 is 2.62 bits per heavy atom. The number of nitrogens with zero attached hydrogens (tertiary/aromatic N) is 1. The van der Waals surface area contributed by atoms with Gasteiger partial charge in [0, 0.05) is 10.2 Å². The second-order valence-electron chi connectivity index (χ2n) is 6.24. The number of halogens is 1. The van der Waals surface area contributed by atoms with Crippen LogP contribution in [0, 0.1) is 18.3 Å². The van der Waals surface area contributed by atoms with Crippen LogP contribution in [-0.2, 0) is 4.79 Å². The molecule has 1 N–H and O–H groups in total. The van der Waals surface area contributed by atoms with Crippen molar-refractivity contribution in [2.75, 3.05) is 12.4 Å². The summed E-state index contributed by atoms with van der Waals surface area (Å²) < 4.78 is 6.29. The van der Waals surface area contributed by atoms with E-state index in [1.54, 1.807) is 25.3 Å². The molecule has 5 heteroatoms. The van der Waals surface area contributed by atoms with Gasteiger partial charge >= 0.3 is 0 Å². The minimum absolute atomic E-state index is 0.0490. The van der Waals surface area contributed by atoms with Crippen molar-refractivity contribution in [1.82, 2.24) is 0 Å². The third kappa shape index (κ3) is 4.74. The van der Waals surface area contributed by atoms with E-state index in [-0.39, 0.29) is 11.5 Å². The number of ether oxygens (including phenoxy) is 1. The molecule has 1 amide bonds. The first-order valence-electron chi connectivity index (χ1n) is 8.23. The summed E-state index contributed by atoms with van der Waals surface area (Å²) in [5.41, 5.74) is 3.48. The van der Waals surface area contributed by atoms with Gasteiger partial charge in [0.1, 0.15) is 17.4 Å². The topological polar surface area (TPSA) is 62.1 Å². The number of nitrogens with one attached hydrogen (secondary N) is 1. The van der Waals surface area contributed by atoms with Crippen LogP contribution in [0.25, 0.3) is 6.08 Å². The van der Waals surface area contributed by atoms with Gasteiger partial charge < -0.3 is 10.1 Å². The molecule has 0 atom stereocenters. The molecule has 0 aliphatic heterocycles. The number of carbonyl (C=O) groups is 1. The lowest BCUT2D eigenvalue weighted by molar-refractivity contribution is -0.112. The highest BCUT2D eigenvalue weighted by molar-refractivity contribution is 9.10. The molecule has 0 spiro atoms. The predicted octanol–water partition coefficient (Wildman–Crippen LogP) is 5.44. The number of carbonyl (C=O) groups excluding carboxylic acids is 1. The van der Waals surface area contributed by atoms with Gasteiger partial charge in [-0.2, -0.15) is 5.26 Å². The van der Waals surface area contributed by atoms with Crippen molar-refractivity contribution in [3.05, 3.63) is 63.1 Å². The Kier molecular flexibility index (Phi) is 6.59. The molecule has 4 nitrogen and oxygen atoms in total. The van der Waals surface area contributed by atoms with E-state index in [0.29, 0.717) is 5.69 Å². The molecule has 134 valence electrons. The molecule has 0 aliphatic carbocycles. The van der Waals surface area contributed by atoms with Crippen molar-refractivity contribution in [3.8, 4) is 11.8 Å². The van der Waals surface area contributed by atoms with Crippen molar-refractivity contribution in [2.45, 2.75) is 26.7 Å². The SMILES string of the molecule is COc1cc(C)c(/C=C(/C#N)C(=O)Nc2cccc(Br)c2)cc1C(C)C. The van der Waals surface area contributed by atoms with Crippen LogP contribution in [0.4, 0.5) is 5.69 Å². The Morgan fingerprint density at radius 1 is 1.31 bits per heavy atom. The Hall–Kier alpha value is -2.58. The Bertz CT molecular complexity index is 895. The van der Waals surface area contributed by atoms with Gasteiger partial charge in [0.15, 0.2) is 0 Å². The normalized spacial score (nSPS) is 11.2. The van der Waals surface area contributed by atoms with E-state index >= 15 is 0 Å². The molecule has 26 heavy (non-hydrogen) atoms. The summed E-state index contributed by atoms with van der Waals surface area (Å²) in [5, 5.41) is 12.2. The van der Waals surface area contributed by atoms with Gasteiger partial charge in [0.2, 0.25) is 0 Å². The highest BCUT2D eigenvalue weighted by Gasteiger charge is 2.14. The van der Waals surface area contributed by atoms with Gasteiger partial charge in [0.25, 0.3) is 5.91 Å². The fourth-order valence-corrected chi connectivity index (χ4v) is 2.97. The van der Waals surface area contributed by atoms with Gasteiger partial charge in [-0.3, -0.25) is 4.79 Å². The number of aryl methyl sites for hydroxylation is 1. The fourth-order valence-electron chi connectivity index (χ4n) is 2.57. The number of methoxy groups -OCH3 is 1. The van der Waals surface area contributed by atoms with Gasteiger partial charge in [-0.05, 0) is 65.9 Å². The van der Waals surface area contributed by atoms with E-state index < -0.39 is 5.91 Å². The average molecular weight is 413 g/mol. The van der Waals surface area contributed by atoms with Crippen molar-refractivity contribution in [3.63, 3.8) is 0 Å². The van der Waals surface area contributed by atoms with Gasteiger partial charge in [-0.15, -0.1) is 0 Å². The molecule has 0 bridgehead atoms. The Morgan fingerprint density at radius 2 is 2.04 bits per heavy atom. The van der Waals surface area contributed by atoms with E-state index in [2.05, 4.69) is 35.1 Å². The number of nitriles is 1. The van der Waals surface area contributed by atoms with Crippen LogP contribution in [-0.4, -0.2) is 13.0 Å². The smallest absolute Gasteiger partial charge is 0.266 e. The monoisotopic (exact) mass is 412 g/mol. The van der Waals surface area contributed by atoms with Crippen LogP contribution < -0.4 is 10.1 Å². The minimum Gasteiger partial charge on any atom is -0.496 e. The third-order valence-electron chi connectivity index (χ3n) is 3.99. The summed E-state index contributed by atoms with van der Waals surface area (Å²) in [5.74, 6) is 0.636. The number of amides is 1. The maximum Gasteiger partial charge on any atom is 0.266 e. The lowest BCUT2D eigenvalue weighted by atomic mass is 9.95. The first-order chi connectivity index (χ1) is 12.3. The highest BCUT2D eigenvalue weighted by Crippen LogP contribution is 2.30. The van der Waals surface area contributed by atoms with Crippen molar-refractivity contribution >= 4 is 33.6 Å². The van der Waals surface area contributed by atoms with Crippen LogP contribution in [0.15, 0.2) is 46.4 Å². The maximum atomic E-state index is 12.5. The van der Waals surface area contributed by atoms with E-state index in [1.807, 2.05) is 37.3 Å². The van der Waals surface area contributed by atoms with Gasteiger partial charge in [-0.1, -0.05) is 35.8 Å². The van der Waals surface area contributed by atoms with Crippen molar-refractivity contribution in [2.24, 2.45) is 0 Å². The van der Waals surface area contributed by atoms with Crippen LogP contribution in [0.5, 0.6) is 5.75 Å². The number of anilines is 1. The largest absolute Gasteiger partial charge is 0.496 e. The van der Waals surface area contributed by atoms with Crippen molar-refractivity contribution < 1.29 is 9.53 Å². The molecule has 0 saturated carbocycles. The van der Waals surface area contributed by atoms with Crippen LogP contribution in [0.3, 0.4) is 0 Å². The molecular weight excluding hydrogens is 392 g/mol. The molecule has 2 rings (SSSR count). The van der Waals surface area contributed by atoms with E-state index in [9.17, 15) is 10.1 Å².